The van der Waals surface area contributed by atoms with Crippen molar-refractivity contribution < 1.29 is 14.6 Å². The molecule has 6 heteroatoms. The fourth-order valence-corrected chi connectivity index (χ4v) is 1.66. The van der Waals surface area contributed by atoms with Crippen LogP contribution in [0.2, 0.25) is 0 Å². The quantitative estimate of drug-likeness (QED) is 0.516. The molecule has 4 N–H and O–H groups in total. The number of morpholine rings is 1. The maximum absolute atomic E-state index is 11.5. The molecule has 1 aliphatic rings. The lowest BCUT2D eigenvalue weighted by atomic mass is 10.2. The fraction of sp³-hybridized carbons (Fsp3) is 0.900. The highest BCUT2D eigenvalue weighted by Crippen LogP contribution is 2.10. The molecular formula is C10H21N3O3. The Morgan fingerprint density at radius 2 is 2.44 bits per heavy atom. The van der Waals surface area contributed by atoms with Gasteiger partial charge in [-0.3, -0.25) is 9.69 Å². The topological polar surface area (TPSA) is 87.8 Å². The van der Waals surface area contributed by atoms with Crippen LogP contribution in [-0.2, 0) is 9.53 Å². The zero-order valence-corrected chi connectivity index (χ0v) is 9.69. The lowest BCUT2D eigenvalue weighted by Gasteiger charge is -2.36. The summed E-state index contributed by atoms with van der Waals surface area (Å²) >= 11 is 0. The highest BCUT2D eigenvalue weighted by Gasteiger charge is 2.26. The molecule has 0 aromatic heterocycles. The fourth-order valence-electron chi connectivity index (χ4n) is 1.66. The molecule has 2 atom stereocenters. The number of rotatable bonds is 5. The van der Waals surface area contributed by atoms with E-state index in [1.165, 1.54) is 0 Å². The average Bonchev–Trinajstić information content (AvgIpc) is 2.29. The normalized spacial score (nSPS) is 26.7. The molecule has 0 spiro atoms. The first-order chi connectivity index (χ1) is 7.67. The van der Waals surface area contributed by atoms with E-state index >= 15 is 0 Å². The monoisotopic (exact) mass is 231 g/mol. The number of amides is 1. The number of nitrogens with one attached hydrogen (secondary N) is 1. The Kier molecular flexibility index (Phi) is 5.68. The lowest BCUT2D eigenvalue weighted by molar-refractivity contribution is -0.127. The molecule has 1 amide bonds. The summed E-state index contributed by atoms with van der Waals surface area (Å²) in [6.45, 7) is 4.42. The first kappa shape index (κ1) is 13.4. The van der Waals surface area contributed by atoms with Crippen LogP contribution >= 0.6 is 0 Å². The van der Waals surface area contributed by atoms with Crippen LogP contribution < -0.4 is 11.1 Å². The number of hydrogen-bond acceptors (Lipinski definition) is 5. The second kappa shape index (κ2) is 6.80. The van der Waals surface area contributed by atoms with Crippen LogP contribution in [0.1, 0.15) is 6.92 Å². The van der Waals surface area contributed by atoms with Gasteiger partial charge in [-0.2, -0.15) is 0 Å². The smallest absolute Gasteiger partial charge is 0.234 e. The Morgan fingerprint density at radius 1 is 1.69 bits per heavy atom. The number of carbonyl (C=O) groups is 1. The van der Waals surface area contributed by atoms with E-state index in [1.807, 2.05) is 11.8 Å². The van der Waals surface area contributed by atoms with Crippen LogP contribution in [0.25, 0.3) is 0 Å². The van der Waals surface area contributed by atoms with Gasteiger partial charge in [0.25, 0.3) is 0 Å². The van der Waals surface area contributed by atoms with Gasteiger partial charge in [-0.25, -0.2) is 0 Å². The number of hydrogen-bond donors (Lipinski definition) is 3. The van der Waals surface area contributed by atoms with E-state index in [0.717, 1.165) is 0 Å². The van der Waals surface area contributed by atoms with Gasteiger partial charge in [-0.05, 0) is 6.92 Å². The summed E-state index contributed by atoms with van der Waals surface area (Å²) in [5.41, 5.74) is 5.30. The van der Waals surface area contributed by atoms with Gasteiger partial charge < -0.3 is 20.9 Å². The molecule has 1 fully saturated rings. The molecule has 16 heavy (non-hydrogen) atoms. The predicted molar refractivity (Wildman–Crippen MR) is 59.9 cm³/mol. The number of nitrogens with zero attached hydrogens (tertiary/aromatic N) is 1. The molecule has 0 aromatic rings. The van der Waals surface area contributed by atoms with E-state index in [9.17, 15) is 4.79 Å². The molecule has 1 aliphatic heterocycles. The van der Waals surface area contributed by atoms with E-state index in [4.69, 9.17) is 15.6 Å². The lowest BCUT2D eigenvalue weighted by Crippen LogP contribution is -2.52. The Labute approximate surface area is 95.7 Å². The summed E-state index contributed by atoms with van der Waals surface area (Å²) in [5.74, 6) is -0.0316. The second-order valence-corrected chi connectivity index (χ2v) is 4.06. The molecule has 1 heterocycles. The van der Waals surface area contributed by atoms with Crippen molar-refractivity contribution in [2.75, 3.05) is 39.4 Å². The molecule has 0 bridgehead atoms. The molecule has 1 rings (SSSR count). The number of ether oxygens (including phenoxy) is 1. The number of aliphatic hydroxyl groups is 1. The van der Waals surface area contributed by atoms with Crippen LogP contribution in [0.3, 0.4) is 0 Å². The minimum atomic E-state index is -0.182. The third kappa shape index (κ3) is 4.05. The van der Waals surface area contributed by atoms with Crippen LogP contribution in [0.15, 0.2) is 0 Å². The van der Waals surface area contributed by atoms with Crippen molar-refractivity contribution in [3.63, 3.8) is 0 Å². The zero-order valence-electron chi connectivity index (χ0n) is 9.69. The standard InChI is InChI=1S/C10H21N3O3/c1-8-7-16-9(6-14)4-13(8)5-10(15)12-3-2-11/h8-9,14H,2-7,11H2,1H3,(H,12,15). The minimum absolute atomic E-state index is 0.00631. The van der Waals surface area contributed by atoms with Crippen LogP contribution in [-0.4, -0.2) is 67.5 Å². The highest BCUT2D eigenvalue weighted by atomic mass is 16.5. The summed E-state index contributed by atoms with van der Waals surface area (Å²) in [5, 5.41) is 11.7. The second-order valence-electron chi connectivity index (χ2n) is 4.06. The third-order valence-corrected chi connectivity index (χ3v) is 2.65. The largest absolute Gasteiger partial charge is 0.394 e. The van der Waals surface area contributed by atoms with Crippen molar-refractivity contribution in [1.29, 1.82) is 0 Å². The minimum Gasteiger partial charge on any atom is -0.394 e. The summed E-state index contributed by atoms with van der Waals surface area (Å²) in [4.78, 5) is 13.5. The van der Waals surface area contributed by atoms with Crippen molar-refractivity contribution in [3.05, 3.63) is 0 Å². The highest BCUT2D eigenvalue weighted by molar-refractivity contribution is 5.78. The SMILES string of the molecule is CC1COC(CO)CN1CC(=O)NCCN. The van der Waals surface area contributed by atoms with Gasteiger partial charge in [0.1, 0.15) is 0 Å². The summed E-state index contributed by atoms with van der Waals surface area (Å²) < 4.78 is 5.39. The van der Waals surface area contributed by atoms with Crippen molar-refractivity contribution >= 4 is 5.91 Å². The maximum Gasteiger partial charge on any atom is 0.234 e. The molecule has 0 aliphatic carbocycles. The van der Waals surface area contributed by atoms with Crippen molar-refractivity contribution in [3.8, 4) is 0 Å². The average molecular weight is 231 g/mol. The molecule has 0 radical (unpaired) electrons. The molecule has 0 aromatic carbocycles. The molecule has 6 nitrogen and oxygen atoms in total. The summed E-state index contributed by atoms with van der Waals surface area (Å²) in [6.07, 6.45) is -0.182. The van der Waals surface area contributed by atoms with Crippen molar-refractivity contribution in [2.24, 2.45) is 5.73 Å². The van der Waals surface area contributed by atoms with E-state index in [0.29, 0.717) is 32.8 Å². The molecule has 1 saturated heterocycles. The van der Waals surface area contributed by atoms with Gasteiger partial charge in [0.15, 0.2) is 0 Å². The summed E-state index contributed by atoms with van der Waals surface area (Å²) in [7, 11) is 0. The first-order valence-electron chi connectivity index (χ1n) is 5.60. The van der Waals surface area contributed by atoms with Crippen LogP contribution in [0.4, 0.5) is 0 Å². The van der Waals surface area contributed by atoms with Gasteiger partial charge in [-0.15, -0.1) is 0 Å². The van der Waals surface area contributed by atoms with E-state index < -0.39 is 0 Å². The van der Waals surface area contributed by atoms with Crippen LogP contribution in [0.5, 0.6) is 0 Å². The van der Waals surface area contributed by atoms with E-state index in [2.05, 4.69) is 5.32 Å². The van der Waals surface area contributed by atoms with Gasteiger partial charge in [0.05, 0.1) is 25.9 Å². The maximum atomic E-state index is 11.5. The Bertz CT molecular complexity index is 225. The van der Waals surface area contributed by atoms with E-state index in [1.54, 1.807) is 0 Å². The van der Waals surface area contributed by atoms with Gasteiger partial charge in [-0.1, -0.05) is 0 Å². The first-order valence-corrected chi connectivity index (χ1v) is 5.60. The predicted octanol–water partition coefficient (Wildman–Crippen LogP) is -1.86. The van der Waals surface area contributed by atoms with Gasteiger partial charge in [0, 0.05) is 25.7 Å². The zero-order chi connectivity index (χ0) is 12.0. The summed E-state index contributed by atoms with van der Waals surface area (Å²) in [6, 6.07) is 0.200. The molecule has 94 valence electrons. The molecule has 2 unspecified atom stereocenters. The molecule has 0 saturated carbocycles. The number of aliphatic hydroxyl groups excluding tert-OH is 1. The Morgan fingerprint density at radius 3 is 3.06 bits per heavy atom. The van der Waals surface area contributed by atoms with E-state index in [-0.39, 0.29) is 24.7 Å². The van der Waals surface area contributed by atoms with Crippen molar-refractivity contribution in [1.82, 2.24) is 10.2 Å². The number of carbonyl (C=O) groups excluding carboxylic acids is 1. The Balaban J connectivity index is 2.35. The Hall–Kier alpha value is -0.690. The number of nitrogens with two attached hydrogens (primary N) is 1. The van der Waals surface area contributed by atoms with Gasteiger partial charge >= 0.3 is 0 Å². The van der Waals surface area contributed by atoms with Crippen molar-refractivity contribution in [2.45, 2.75) is 19.1 Å². The van der Waals surface area contributed by atoms with Gasteiger partial charge in [0.2, 0.25) is 5.91 Å². The third-order valence-electron chi connectivity index (χ3n) is 2.65. The molecular weight excluding hydrogens is 210 g/mol. The van der Waals surface area contributed by atoms with Crippen LogP contribution in [0, 0.1) is 0 Å².